The van der Waals surface area contributed by atoms with Crippen LogP contribution in [-0.2, 0) is 31.3 Å². The van der Waals surface area contributed by atoms with Crippen LogP contribution in [0.1, 0.15) is 28.7 Å². The zero-order valence-electron chi connectivity index (χ0n) is 15.5. The molecule has 142 valence electrons. The summed E-state index contributed by atoms with van der Waals surface area (Å²) in [6.07, 6.45) is 5.47. The third-order valence-corrected chi connectivity index (χ3v) is 4.68. The van der Waals surface area contributed by atoms with Crippen LogP contribution < -0.4 is 0 Å². The molecule has 1 aliphatic rings. The van der Waals surface area contributed by atoms with Gasteiger partial charge in [0.05, 0.1) is 19.7 Å². The number of oxazole rings is 1. The number of aryl methyl sites for hydroxylation is 1. The fourth-order valence-electron chi connectivity index (χ4n) is 3.37. The minimum Gasteiger partial charge on any atom is -0.451 e. The Bertz CT molecular complexity index is 927. The Balaban J connectivity index is 1.63. The highest BCUT2D eigenvalue weighted by Gasteiger charge is 2.30. The highest BCUT2D eigenvalue weighted by molar-refractivity contribution is 5.92. The van der Waals surface area contributed by atoms with Crippen LogP contribution in [0.15, 0.2) is 29.3 Å². The van der Waals surface area contributed by atoms with Gasteiger partial charge in [0.25, 0.3) is 5.91 Å². The number of hydrogen-bond donors (Lipinski definition) is 0. The molecule has 1 aliphatic heterocycles. The second kappa shape index (κ2) is 7.36. The Kier molecular flexibility index (Phi) is 4.76. The van der Waals surface area contributed by atoms with Gasteiger partial charge in [0.2, 0.25) is 0 Å². The van der Waals surface area contributed by atoms with Gasteiger partial charge >= 0.3 is 0 Å². The Labute approximate surface area is 156 Å². The third-order valence-electron chi connectivity index (χ3n) is 4.68. The van der Waals surface area contributed by atoms with E-state index in [2.05, 4.69) is 10.1 Å². The van der Waals surface area contributed by atoms with E-state index in [-0.39, 0.29) is 5.91 Å². The summed E-state index contributed by atoms with van der Waals surface area (Å²) in [6.45, 7) is 5.01. The molecule has 0 saturated carbocycles. The summed E-state index contributed by atoms with van der Waals surface area (Å²) in [5, 5.41) is 8.96. The van der Waals surface area contributed by atoms with Gasteiger partial charge in [0.1, 0.15) is 23.3 Å². The molecule has 0 radical (unpaired) electrons. The fraction of sp³-hybridized carbons (Fsp3) is 0.444. The van der Waals surface area contributed by atoms with Crippen molar-refractivity contribution >= 4 is 5.91 Å². The highest BCUT2D eigenvalue weighted by atomic mass is 16.5. The lowest BCUT2D eigenvalue weighted by molar-refractivity contribution is 0.0725. The lowest BCUT2D eigenvalue weighted by atomic mass is 10.0. The van der Waals surface area contributed by atoms with Crippen LogP contribution >= 0.6 is 0 Å². The van der Waals surface area contributed by atoms with E-state index in [0.717, 1.165) is 23.4 Å². The SMILES string of the molecule is CCOCCn1nc(-c2cocn2)c2c1CCN(C(=O)c1ccn(C)n1)C2. The van der Waals surface area contributed by atoms with Crippen molar-refractivity contribution in [3.8, 4) is 11.4 Å². The second-order valence-electron chi connectivity index (χ2n) is 6.42. The molecule has 3 aromatic heterocycles. The van der Waals surface area contributed by atoms with Crippen molar-refractivity contribution in [1.82, 2.24) is 29.4 Å². The van der Waals surface area contributed by atoms with Crippen molar-refractivity contribution < 1.29 is 13.9 Å². The summed E-state index contributed by atoms with van der Waals surface area (Å²) in [5.41, 5.74) is 4.02. The van der Waals surface area contributed by atoms with Gasteiger partial charge in [-0.15, -0.1) is 0 Å². The number of ether oxygens (including phenoxy) is 1. The Morgan fingerprint density at radius 1 is 1.37 bits per heavy atom. The number of rotatable bonds is 6. The van der Waals surface area contributed by atoms with Crippen molar-refractivity contribution in [3.63, 3.8) is 0 Å². The molecular formula is C18H22N6O3. The van der Waals surface area contributed by atoms with Crippen LogP contribution in [0.2, 0.25) is 0 Å². The molecule has 0 bridgehead atoms. The van der Waals surface area contributed by atoms with E-state index in [0.29, 0.717) is 44.2 Å². The van der Waals surface area contributed by atoms with Crippen molar-refractivity contribution in [2.75, 3.05) is 19.8 Å². The van der Waals surface area contributed by atoms with Gasteiger partial charge in [0.15, 0.2) is 6.39 Å². The molecule has 3 aromatic rings. The smallest absolute Gasteiger partial charge is 0.274 e. The van der Waals surface area contributed by atoms with Crippen LogP contribution in [0.5, 0.6) is 0 Å². The molecule has 4 heterocycles. The Morgan fingerprint density at radius 2 is 2.26 bits per heavy atom. The van der Waals surface area contributed by atoms with E-state index in [1.54, 1.807) is 30.3 Å². The molecule has 1 amide bonds. The van der Waals surface area contributed by atoms with Crippen LogP contribution in [0.4, 0.5) is 0 Å². The maximum absolute atomic E-state index is 12.8. The van der Waals surface area contributed by atoms with E-state index in [4.69, 9.17) is 14.3 Å². The largest absolute Gasteiger partial charge is 0.451 e. The first-order chi connectivity index (χ1) is 13.2. The lowest BCUT2D eigenvalue weighted by Crippen LogP contribution is -2.36. The van der Waals surface area contributed by atoms with Crippen LogP contribution in [0.3, 0.4) is 0 Å². The number of fused-ring (bicyclic) bond motifs is 1. The maximum atomic E-state index is 12.8. The van der Waals surface area contributed by atoms with Gasteiger partial charge in [-0.2, -0.15) is 10.2 Å². The minimum absolute atomic E-state index is 0.0746. The van der Waals surface area contributed by atoms with Gasteiger partial charge in [-0.3, -0.25) is 14.2 Å². The summed E-state index contributed by atoms with van der Waals surface area (Å²) < 4.78 is 14.2. The first-order valence-corrected chi connectivity index (χ1v) is 9.01. The first kappa shape index (κ1) is 17.5. The molecule has 0 fully saturated rings. The summed E-state index contributed by atoms with van der Waals surface area (Å²) >= 11 is 0. The van der Waals surface area contributed by atoms with E-state index in [1.165, 1.54) is 6.39 Å². The van der Waals surface area contributed by atoms with Crippen LogP contribution in [-0.4, -0.2) is 55.1 Å². The van der Waals surface area contributed by atoms with Gasteiger partial charge in [-0.25, -0.2) is 4.98 Å². The van der Waals surface area contributed by atoms with Gasteiger partial charge < -0.3 is 14.1 Å². The number of carbonyl (C=O) groups excluding carboxylic acids is 1. The summed E-state index contributed by atoms with van der Waals surface area (Å²) in [5.74, 6) is -0.0746. The Morgan fingerprint density at radius 3 is 2.96 bits per heavy atom. The third kappa shape index (κ3) is 3.37. The predicted octanol–water partition coefficient (Wildman–Crippen LogP) is 1.51. The van der Waals surface area contributed by atoms with Crippen LogP contribution in [0, 0.1) is 0 Å². The zero-order chi connectivity index (χ0) is 18.8. The monoisotopic (exact) mass is 370 g/mol. The van der Waals surface area contributed by atoms with Crippen molar-refractivity contribution in [1.29, 1.82) is 0 Å². The number of nitrogens with zero attached hydrogens (tertiary/aromatic N) is 6. The van der Waals surface area contributed by atoms with E-state index >= 15 is 0 Å². The molecule has 9 nitrogen and oxygen atoms in total. The van der Waals surface area contributed by atoms with Gasteiger partial charge in [-0.05, 0) is 13.0 Å². The van der Waals surface area contributed by atoms with Crippen molar-refractivity contribution in [3.05, 3.63) is 41.9 Å². The van der Waals surface area contributed by atoms with E-state index in [9.17, 15) is 4.79 Å². The van der Waals surface area contributed by atoms with E-state index < -0.39 is 0 Å². The molecule has 0 atom stereocenters. The van der Waals surface area contributed by atoms with Crippen molar-refractivity contribution in [2.24, 2.45) is 7.05 Å². The number of aromatic nitrogens is 5. The number of hydrogen-bond acceptors (Lipinski definition) is 6. The molecule has 9 heteroatoms. The topological polar surface area (TPSA) is 91.2 Å². The first-order valence-electron chi connectivity index (χ1n) is 9.01. The molecule has 4 rings (SSSR count). The molecule has 27 heavy (non-hydrogen) atoms. The second-order valence-corrected chi connectivity index (χ2v) is 6.42. The molecule has 0 N–H and O–H groups in total. The summed E-state index contributed by atoms with van der Waals surface area (Å²) in [4.78, 5) is 18.9. The average molecular weight is 370 g/mol. The number of carbonyl (C=O) groups is 1. The minimum atomic E-state index is -0.0746. The summed E-state index contributed by atoms with van der Waals surface area (Å²) in [7, 11) is 1.80. The Hall–Kier alpha value is -2.94. The zero-order valence-corrected chi connectivity index (χ0v) is 15.5. The average Bonchev–Trinajstić information content (AvgIpc) is 3.41. The maximum Gasteiger partial charge on any atom is 0.274 e. The molecule has 0 unspecified atom stereocenters. The quantitative estimate of drug-likeness (QED) is 0.611. The molecule has 0 spiro atoms. The normalized spacial score (nSPS) is 13.8. The molecule has 0 aromatic carbocycles. The molecule has 0 saturated heterocycles. The van der Waals surface area contributed by atoms with Gasteiger partial charge in [-0.1, -0.05) is 0 Å². The standard InChI is InChI=1S/C18H22N6O3/c1-3-26-9-8-24-16-5-7-23(18(25)14-4-6-22(2)20-14)10-13(16)17(21-24)15-11-27-12-19-15/h4,6,11-12H,3,5,7-10H2,1-2H3. The fourth-order valence-corrected chi connectivity index (χ4v) is 3.37. The van der Waals surface area contributed by atoms with Crippen molar-refractivity contribution in [2.45, 2.75) is 26.4 Å². The number of amides is 1. The molecule has 0 aliphatic carbocycles. The lowest BCUT2D eigenvalue weighted by Gasteiger charge is -2.27. The summed E-state index contributed by atoms with van der Waals surface area (Å²) in [6, 6.07) is 1.74. The van der Waals surface area contributed by atoms with E-state index in [1.807, 2.05) is 16.5 Å². The van der Waals surface area contributed by atoms with Crippen LogP contribution in [0.25, 0.3) is 11.4 Å². The predicted molar refractivity (Wildman–Crippen MR) is 95.9 cm³/mol. The molecular weight excluding hydrogens is 348 g/mol. The van der Waals surface area contributed by atoms with Gasteiger partial charge in [0, 0.05) is 44.1 Å². The highest BCUT2D eigenvalue weighted by Crippen LogP contribution is 2.29.